The van der Waals surface area contributed by atoms with Crippen LogP contribution in [0.25, 0.3) is 0 Å². The minimum absolute atomic E-state index is 0.000157. The summed E-state index contributed by atoms with van der Waals surface area (Å²) < 4.78 is 0. The highest BCUT2D eigenvalue weighted by Gasteiger charge is 2.69. The van der Waals surface area contributed by atoms with Crippen LogP contribution in [0, 0.1) is 28.1 Å². The van der Waals surface area contributed by atoms with E-state index in [9.17, 15) is 33.6 Å². The van der Waals surface area contributed by atoms with Gasteiger partial charge in [0.25, 0.3) is 5.91 Å². The van der Waals surface area contributed by atoms with Crippen molar-refractivity contribution in [2.24, 2.45) is 28.1 Å². The van der Waals surface area contributed by atoms with Gasteiger partial charge in [-0.1, -0.05) is 80.2 Å². The predicted molar refractivity (Wildman–Crippen MR) is 195 cm³/mol. The smallest absolute Gasteiger partial charge is 0.315 e. The fourth-order valence-corrected chi connectivity index (χ4v) is 8.02. The first-order valence-electron chi connectivity index (χ1n) is 18.9. The van der Waals surface area contributed by atoms with Gasteiger partial charge in [0.15, 0.2) is 0 Å². The third-order valence-electron chi connectivity index (χ3n) is 11.4. The molecule has 0 aromatic carbocycles. The maximum atomic E-state index is 14.4. The maximum Gasteiger partial charge on any atom is 0.315 e. The zero-order valence-electron chi connectivity index (χ0n) is 32.2. The molecular weight excluding hydrogens is 666 g/mol. The van der Waals surface area contributed by atoms with Crippen LogP contribution in [0.4, 0.5) is 4.79 Å². The monoisotopic (exact) mass is 727 g/mol. The molecule has 290 valence electrons. The molecule has 14 nitrogen and oxygen atoms in total. The van der Waals surface area contributed by atoms with Gasteiger partial charge in [-0.05, 0) is 47.5 Å². The van der Waals surface area contributed by atoms with Crippen LogP contribution in [0.5, 0.6) is 0 Å². The molecule has 4 aliphatic rings. The van der Waals surface area contributed by atoms with Crippen LogP contribution in [0.2, 0.25) is 0 Å². The fourth-order valence-electron chi connectivity index (χ4n) is 8.02. The molecule has 7 amide bonds. The van der Waals surface area contributed by atoms with Crippen molar-refractivity contribution >= 4 is 41.4 Å². The number of piperidine rings is 2. The Bertz CT molecular complexity index is 1400. The van der Waals surface area contributed by atoms with Crippen LogP contribution < -0.4 is 26.6 Å². The summed E-state index contributed by atoms with van der Waals surface area (Å²) in [4.78, 5) is 96.8. The van der Waals surface area contributed by atoms with Crippen molar-refractivity contribution in [3.05, 3.63) is 12.7 Å². The number of nitrogens with one attached hydrogen (secondary N) is 5. The Labute approximate surface area is 308 Å². The molecule has 3 heterocycles. The number of imide groups is 1. The highest BCUT2D eigenvalue weighted by Crippen LogP contribution is 2.65. The molecule has 14 heteroatoms. The standard InChI is InChI=1S/C38H61N7O7/c1-9-16-40-33(50)31(48)24-15-13-11-10-12-14-17-39-20-25(34(51)45-21-23-29(38(23,7)8)30(45)32(49)41-24)42-35(52)43-26(36(2,3)4)22-44-27(46)18-37(5,6)19-28(44)47/h9,23-26,29-30,39H,1,10-22H2,2-8H3,(H,40,50)(H,41,49)(H2,42,43,52)/t23-,24+,25+,26+,29-,30-/m0/s1. The van der Waals surface area contributed by atoms with E-state index in [0.717, 1.165) is 25.7 Å². The third-order valence-corrected chi connectivity index (χ3v) is 11.4. The minimum atomic E-state index is -1.04. The normalized spacial score (nSPS) is 28.9. The highest BCUT2D eigenvalue weighted by atomic mass is 16.2. The van der Waals surface area contributed by atoms with Gasteiger partial charge in [0, 0.05) is 39.0 Å². The zero-order chi connectivity index (χ0) is 38.6. The van der Waals surface area contributed by atoms with Gasteiger partial charge in [-0.15, -0.1) is 6.58 Å². The number of amides is 7. The van der Waals surface area contributed by atoms with E-state index in [2.05, 4.69) is 47.0 Å². The number of nitrogens with zero attached hydrogens (tertiary/aromatic N) is 2. The Morgan fingerprint density at radius 1 is 0.981 bits per heavy atom. The largest absolute Gasteiger partial charge is 0.346 e. The van der Waals surface area contributed by atoms with Crippen LogP contribution in [0.3, 0.4) is 0 Å². The molecule has 0 unspecified atom stereocenters. The van der Waals surface area contributed by atoms with E-state index >= 15 is 0 Å². The van der Waals surface area contributed by atoms with Gasteiger partial charge in [-0.25, -0.2) is 4.79 Å². The summed E-state index contributed by atoms with van der Waals surface area (Å²) in [5.74, 6) is -3.11. The lowest BCUT2D eigenvalue weighted by molar-refractivity contribution is -0.153. The SMILES string of the molecule is C=CCNC(=O)C(=O)[C@H]1CCCCCCCNC[C@@H](NC(=O)N[C@H](CN2C(=O)CC(C)(C)CC2=O)C(C)(C)C)C(=O)N2C[C@H]3[C@@H]([C@H]2C(=O)N1)C3(C)C. The number of urea groups is 1. The van der Waals surface area contributed by atoms with Crippen LogP contribution in [0.1, 0.15) is 99.8 Å². The van der Waals surface area contributed by atoms with Gasteiger partial charge in [0.1, 0.15) is 12.1 Å². The minimum Gasteiger partial charge on any atom is -0.346 e. The number of hydrogen-bond donors (Lipinski definition) is 5. The average Bonchev–Trinajstić information content (AvgIpc) is 3.35. The molecular formula is C38H61N7O7. The molecule has 3 aliphatic heterocycles. The van der Waals surface area contributed by atoms with Gasteiger partial charge in [-0.2, -0.15) is 0 Å². The molecule has 52 heavy (non-hydrogen) atoms. The number of carbonyl (C=O) groups excluding carboxylic acids is 7. The summed E-state index contributed by atoms with van der Waals surface area (Å²) in [7, 11) is 0. The maximum absolute atomic E-state index is 14.4. The number of hydrogen-bond acceptors (Lipinski definition) is 8. The number of fused-ring (bicyclic) bond motifs is 3. The summed E-state index contributed by atoms with van der Waals surface area (Å²) in [6.07, 6.45) is 6.33. The number of Topliss-reactive ketones (excluding diaryl/α,β-unsaturated/α-hetero) is 1. The van der Waals surface area contributed by atoms with Crippen LogP contribution >= 0.6 is 0 Å². The van der Waals surface area contributed by atoms with Gasteiger partial charge in [-0.3, -0.25) is 33.7 Å². The van der Waals surface area contributed by atoms with Crippen molar-refractivity contribution in [2.75, 3.05) is 32.7 Å². The van der Waals surface area contributed by atoms with Crippen molar-refractivity contribution < 1.29 is 33.6 Å². The van der Waals surface area contributed by atoms with E-state index in [0.29, 0.717) is 25.9 Å². The van der Waals surface area contributed by atoms with Gasteiger partial charge >= 0.3 is 6.03 Å². The van der Waals surface area contributed by atoms with E-state index in [1.54, 1.807) is 0 Å². The topological polar surface area (TPSA) is 186 Å². The van der Waals surface area contributed by atoms with Crippen molar-refractivity contribution in [1.82, 2.24) is 36.4 Å². The molecule has 0 bridgehead atoms. The zero-order valence-corrected chi connectivity index (χ0v) is 32.2. The van der Waals surface area contributed by atoms with E-state index in [-0.39, 0.29) is 61.5 Å². The lowest BCUT2D eigenvalue weighted by Crippen LogP contribution is -2.62. The molecule has 3 saturated heterocycles. The first-order valence-corrected chi connectivity index (χ1v) is 18.9. The molecule has 4 fully saturated rings. The average molecular weight is 728 g/mol. The molecule has 0 spiro atoms. The Hall–Kier alpha value is -3.81. The van der Waals surface area contributed by atoms with Crippen LogP contribution in [0.15, 0.2) is 12.7 Å². The van der Waals surface area contributed by atoms with Crippen LogP contribution in [-0.4, -0.2) is 108 Å². The van der Waals surface area contributed by atoms with Crippen molar-refractivity contribution in [1.29, 1.82) is 0 Å². The van der Waals surface area contributed by atoms with Crippen molar-refractivity contribution in [3.63, 3.8) is 0 Å². The Balaban J connectivity index is 1.55. The lowest BCUT2D eigenvalue weighted by Gasteiger charge is -2.40. The van der Waals surface area contributed by atoms with E-state index in [4.69, 9.17) is 0 Å². The summed E-state index contributed by atoms with van der Waals surface area (Å²) in [5.41, 5.74) is -1.19. The fraction of sp³-hybridized carbons (Fsp3) is 0.763. The first-order chi connectivity index (χ1) is 24.3. The van der Waals surface area contributed by atoms with Gasteiger partial charge in [0.2, 0.25) is 29.4 Å². The van der Waals surface area contributed by atoms with Gasteiger partial charge in [0.05, 0.1) is 12.1 Å². The van der Waals surface area contributed by atoms with E-state index < -0.39 is 64.5 Å². The number of ketones is 1. The second-order valence-electron chi connectivity index (χ2n) is 17.6. The number of rotatable bonds is 8. The predicted octanol–water partition coefficient (Wildman–Crippen LogP) is 2.03. The molecule has 0 aromatic rings. The molecule has 0 radical (unpaired) electrons. The molecule has 4 rings (SSSR count). The molecule has 5 N–H and O–H groups in total. The summed E-state index contributed by atoms with van der Waals surface area (Å²) in [6, 6.07) is -4.21. The van der Waals surface area contributed by atoms with Crippen molar-refractivity contribution in [3.8, 4) is 0 Å². The molecule has 0 aromatic heterocycles. The molecule has 6 atom stereocenters. The van der Waals surface area contributed by atoms with Crippen LogP contribution in [-0.2, 0) is 28.8 Å². The van der Waals surface area contributed by atoms with Crippen molar-refractivity contribution in [2.45, 2.75) is 124 Å². The first kappa shape index (κ1) is 41.0. The van der Waals surface area contributed by atoms with Gasteiger partial charge < -0.3 is 31.5 Å². The van der Waals surface area contributed by atoms with E-state index in [1.807, 2.05) is 34.6 Å². The summed E-state index contributed by atoms with van der Waals surface area (Å²) >= 11 is 0. The second-order valence-corrected chi connectivity index (χ2v) is 17.6. The quantitative estimate of drug-likeness (QED) is 0.143. The highest BCUT2D eigenvalue weighted by molar-refractivity contribution is 6.38. The summed E-state index contributed by atoms with van der Waals surface area (Å²) in [5, 5.41) is 14.5. The molecule has 1 saturated carbocycles. The molecule has 1 aliphatic carbocycles. The Morgan fingerprint density at radius 2 is 1.62 bits per heavy atom. The lowest BCUT2D eigenvalue weighted by atomic mass is 9.80. The number of likely N-dealkylation sites (tertiary alicyclic amines) is 1. The second kappa shape index (κ2) is 16.5. The Kier molecular flexibility index (Phi) is 13.0. The Morgan fingerprint density at radius 3 is 2.25 bits per heavy atom. The van der Waals surface area contributed by atoms with E-state index in [1.165, 1.54) is 15.9 Å². The summed E-state index contributed by atoms with van der Waals surface area (Å²) in [6.45, 7) is 18.3. The third kappa shape index (κ3) is 9.78. The number of carbonyl (C=O) groups is 7.